The second-order valence-corrected chi connectivity index (χ2v) is 7.31. The maximum Gasteiger partial charge on any atom is 0.341 e. The van der Waals surface area contributed by atoms with Gasteiger partial charge in [-0.1, -0.05) is 23.7 Å². The van der Waals surface area contributed by atoms with Crippen LogP contribution < -0.4 is 10.2 Å². The number of fused-ring (bicyclic) bond motifs is 1. The lowest BCUT2D eigenvalue weighted by Gasteiger charge is -2.42. The lowest BCUT2D eigenvalue weighted by atomic mass is 9.95. The first-order valence-electron chi connectivity index (χ1n) is 8.53. The largest absolute Gasteiger partial charge is 0.449 e. The zero-order valence-corrected chi connectivity index (χ0v) is 16.2. The number of carbonyl (C=O) groups is 3. The zero-order chi connectivity index (χ0) is 20.6. The first-order chi connectivity index (χ1) is 13.1. The van der Waals surface area contributed by atoms with Gasteiger partial charge in [0.05, 0.1) is 16.9 Å². The van der Waals surface area contributed by atoms with Crippen molar-refractivity contribution >= 4 is 40.8 Å². The van der Waals surface area contributed by atoms with Crippen LogP contribution in [0, 0.1) is 5.82 Å². The van der Waals surface area contributed by atoms with E-state index in [-0.39, 0.29) is 16.5 Å². The monoisotopic (exact) mass is 404 g/mol. The van der Waals surface area contributed by atoms with Crippen LogP contribution in [0.3, 0.4) is 0 Å². The molecular formula is C20H18ClFN2O4. The fourth-order valence-electron chi connectivity index (χ4n) is 2.96. The highest BCUT2D eigenvalue weighted by Gasteiger charge is 2.45. The summed E-state index contributed by atoms with van der Waals surface area (Å²) in [4.78, 5) is 39.1. The fourth-order valence-corrected chi connectivity index (χ4v) is 3.12. The molecule has 0 fully saturated rings. The van der Waals surface area contributed by atoms with Crippen LogP contribution in [-0.2, 0) is 14.3 Å². The fraction of sp³-hybridized carbons (Fsp3) is 0.250. The number of nitrogens with one attached hydrogen (secondary N) is 1. The van der Waals surface area contributed by atoms with E-state index in [2.05, 4.69) is 5.32 Å². The summed E-state index contributed by atoms with van der Waals surface area (Å²) in [5.74, 6) is -2.82. The van der Waals surface area contributed by atoms with E-state index >= 15 is 0 Å². The number of nitrogens with zero attached hydrogens (tertiary/aromatic N) is 1. The summed E-state index contributed by atoms with van der Waals surface area (Å²) in [6.07, 6.45) is -1.25. The number of esters is 1. The van der Waals surface area contributed by atoms with Crippen molar-refractivity contribution in [3.63, 3.8) is 0 Å². The Kier molecular flexibility index (Phi) is 5.12. The molecule has 0 saturated carbocycles. The lowest BCUT2D eigenvalue weighted by molar-refractivity contribution is -0.131. The Morgan fingerprint density at radius 1 is 1.21 bits per heavy atom. The van der Waals surface area contributed by atoms with E-state index in [1.165, 1.54) is 24.0 Å². The van der Waals surface area contributed by atoms with E-state index in [1.54, 1.807) is 38.1 Å². The van der Waals surface area contributed by atoms with Crippen LogP contribution in [-0.4, -0.2) is 29.4 Å². The van der Waals surface area contributed by atoms with E-state index < -0.39 is 29.3 Å². The molecule has 0 saturated heterocycles. The van der Waals surface area contributed by atoms with Crippen molar-refractivity contribution < 1.29 is 23.5 Å². The number of benzene rings is 2. The maximum atomic E-state index is 13.9. The molecule has 2 aromatic rings. The topological polar surface area (TPSA) is 75.7 Å². The number of carbonyl (C=O) groups excluding carboxylic acids is 3. The lowest BCUT2D eigenvalue weighted by Crippen LogP contribution is -2.60. The van der Waals surface area contributed by atoms with Crippen molar-refractivity contribution in [1.29, 1.82) is 0 Å². The van der Waals surface area contributed by atoms with Gasteiger partial charge in [0, 0.05) is 5.02 Å². The van der Waals surface area contributed by atoms with Crippen molar-refractivity contribution in [3.8, 4) is 0 Å². The average molecular weight is 405 g/mol. The summed E-state index contributed by atoms with van der Waals surface area (Å²) in [6.45, 7) is 4.55. The quantitative estimate of drug-likeness (QED) is 0.790. The Morgan fingerprint density at radius 3 is 2.57 bits per heavy atom. The van der Waals surface area contributed by atoms with Crippen LogP contribution in [0.25, 0.3) is 0 Å². The molecule has 6 nitrogen and oxygen atoms in total. The van der Waals surface area contributed by atoms with Crippen LogP contribution in [0.5, 0.6) is 0 Å². The standard InChI is InChI=1S/C20H18ClFN2O4/c1-11(28-18(26)13-9-8-12(21)10-14(13)22)17(25)24-16-7-5-4-6-15(16)23-19(27)20(24,2)3/h4-11H,1-3H3,(H,23,27)/t11-/m0/s1. The van der Waals surface area contributed by atoms with E-state index in [0.717, 1.165) is 6.07 Å². The molecule has 0 spiro atoms. The molecular weight excluding hydrogens is 387 g/mol. The van der Waals surface area contributed by atoms with Crippen molar-refractivity contribution in [3.05, 3.63) is 58.9 Å². The van der Waals surface area contributed by atoms with E-state index in [1.807, 2.05) is 0 Å². The number of para-hydroxylation sites is 2. The van der Waals surface area contributed by atoms with E-state index in [4.69, 9.17) is 16.3 Å². The first-order valence-corrected chi connectivity index (χ1v) is 8.91. The number of anilines is 2. The Labute approximate surface area is 166 Å². The average Bonchev–Trinajstić information content (AvgIpc) is 2.62. The Hall–Kier alpha value is -2.93. The molecule has 0 radical (unpaired) electrons. The highest BCUT2D eigenvalue weighted by Crippen LogP contribution is 2.37. The summed E-state index contributed by atoms with van der Waals surface area (Å²) in [7, 11) is 0. The van der Waals surface area contributed by atoms with Crippen LogP contribution in [0.15, 0.2) is 42.5 Å². The number of ether oxygens (including phenoxy) is 1. The molecule has 1 atom stereocenters. The number of halogens is 2. The van der Waals surface area contributed by atoms with Crippen molar-refractivity contribution in [2.45, 2.75) is 32.4 Å². The van der Waals surface area contributed by atoms with Crippen molar-refractivity contribution in [1.82, 2.24) is 0 Å². The highest BCUT2D eigenvalue weighted by atomic mass is 35.5. The predicted octanol–water partition coefficient (Wildman–Crippen LogP) is 3.79. The van der Waals surface area contributed by atoms with Crippen molar-refractivity contribution in [2.75, 3.05) is 10.2 Å². The van der Waals surface area contributed by atoms with Crippen LogP contribution in [0.2, 0.25) is 5.02 Å². The third-order valence-corrected chi connectivity index (χ3v) is 4.75. The minimum absolute atomic E-state index is 0.135. The number of hydrogen-bond acceptors (Lipinski definition) is 4. The summed E-state index contributed by atoms with van der Waals surface area (Å²) in [5.41, 5.74) is -0.585. The van der Waals surface area contributed by atoms with Gasteiger partial charge in [0.1, 0.15) is 11.4 Å². The summed E-state index contributed by atoms with van der Waals surface area (Å²) in [6, 6.07) is 10.3. The Bertz CT molecular complexity index is 976. The van der Waals surface area contributed by atoms with Crippen molar-refractivity contribution in [2.24, 2.45) is 0 Å². The van der Waals surface area contributed by atoms with Gasteiger partial charge in [-0.2, -0.15) is 0 Å². The third-order valence-electron chi connectivity index (χ3n) is 4.51. The van der Waals surface area contributed by atoms with Gasteiger partial charge < -0.3 is 10.1 Å². The molecule has 28 heavy (non-hydrogen) atoms. The second-order valence-electron chi connectivity index (χ2n) is 6.88. The smallest absolute Gasteiger partial charge is 0.341 e. The van der Waals surface area contributed by atoms with Gasteiger partial charge in [-0.25, -0.2) is 9.18 Å². The van der Waals surface area contributed by atoms with Crippen LogP contribution in [0.4, 0.5) is 15.8 Å². The summed E-state index contributed by atoms with van der Waals surface area (Å²) in [5, 5.41) is 2.89. The van der Waals surface area contributed by atoms with E-state index in [9.17, 15) is 18.8 Å². The number of amides is 2. The molecule has 146 valence electrons. The maximum absolute atomic E-state index is 13.9. The van der Waals surface area contributed by atoms with Gasteiger partial charge >= 0.3 is 5.97 Å². The van der Waals surface area contributed by atoms with Gasteiger partial charge in [-0.05, 0) is 51.1 Å². The molecule has 0 unspecified atom stereocenters. The highest BCUT2D eigenvalue weighted by molar-refractivity contribution is 6.30. The summed E-state index contributed by atoms with van der Waals surface area (Å²) >= 11 is 5.68. The predicted molar refractivity (Wildman–Crippen MR) is 103 cm³/mol. The Balaban J connectivity index is 1.88. The SMILES string of the molecule is C[C@H](OC(=O)c1ccc(Cl)cc1F)C(=O)N1c2ccccc2NC(=O)C1(C)C. The molecule has 8 heteroatoms. The molecule has 0 aromatic heterocycles. The molecule has 3 rings (SSSR count). The number of hydrogen-bond donors (Lipinski definition) is 1. The molecule has 1 N–H and O–H groups in total. The summed E-state index contributed by atoms with van der Waals surface area (Å²) < 4.78 is 19.1. The van der Waals surface area contributed by atoms with Gasteiger partial charge in [-0.15, -0.1) is 0 Å². The second kappa shape index (κ2) is 7.24. The molecule has 1 aliphatic rings. The van der Waals surface area contributed by atoms with Gasteiger partial charge in [-0.3, -0.25) is 14.5 Å². The minimum atomic E-state index is -1.25. The first kappa shape index (κ1) is 19.8. The van der Waals surface area contributed by atoms with Crippen LogP contribution in [0.1, 0.15) is 31.1 Å². The molecule has 2 aromatic carbocycles. The zero-order valence-electron chi connectivity index (χ0n) is 15.5. The minimum Gasteiger partial charge on any atom is -0.449 e. The molecule has 1 aliphatic heterocycles. The van der Waals surface area contributed by atoms with Gasteiger partial charge in [0.2, 0.25) is 5.91 Å². The number of rotatable bonds is 3. The molecule has 0 bridgehead atoms. The van der Waals surface area contributed by atoms with E-state index in [0.29, 0.717) is 11.4 Å². The Morgan fingerprint density at radius 2 is 1.89 bits per heavy atom. The third kappa shape index (κ3) is 3.45. The van der Waals surface area contributed by atoms with Crippen LogP contribution >= 0.6 is 11.6 Å². The normalized spacial score (nSPS) is 16.0. The van der Waals surface area contributed by atoms with Gasteiger partial charge in [0.25, 0.3) is 5.91 Å². The molecule has 2 amide bonds. The molecule has 0 aliphatic carbocycles. The van der Waals surface area contributed by atoms with Gasteiger partial charge in [0.15, 0.2) is 6.10 Å². The molecule has 1 heterocycles.